The van der Waals surface area contributed by atoms with Crippen molar-refractivity contribution in [1.29, 1.82) is 10.5 Å². The summed E-state index contributed by atoms with van der Waals surface area (Å²) in [6.07, 6.45) is 3.49. The normalized spacial score (nSPS) is 11.4. The summed E-state index contributed by atoms with van der Waals surface area (Å²) in [5.74, 6) is 0.762. The fourth-order valence-corrected chi connectivity index (χ4v) is 4.01. The average molecular weight is 432 g/mol. The van der Waals surface area contributed by atoms with E-state index in [-0.39, 0.29) is 16.6 Å². The van der Waals surface area contributed by atoms with Crippen LogP contribution in [-0.2, 0) is 4.74 Å². The first-order chi connectivity index (χ1) is 15.1. The Hall–Kier alpha value is -3.59. The van der Waals surface area contributed by atoms with Crippen molar-refractivity contribution >= 4 is 17.6 Å². The molecule has 0 saturated carbocycles. The molecule has 0 spiro atoms. The molecule has 2 heterocycles. The molecule has 0 unspecified atom stereocenters. The predicted octanol–water partition coefficient (Wildman–Crippen LogP) is 4.35. The molecule has 0 aliphatic carbocycles. The molecule has 3 aromatic rings. The van der Waals surface area contributed by atoms with Crippen LogP contribution in [-0.4, -0.2) is 30.3 Å². The summed E-state index contributed by atoms with van der Waals surface area (Å²) in [6.45, 7) is 2.91. The standard InChI is InChI=1S/C23H21N5O2S/c1-15(17-4-3-9-27-14-17)31-23-20(13-25)21(19(12-24)22(26)28-23)16-5-7-18(8-6-16)30-11-10-29-2/h3-9,14-15H,10-11H2,1-2H3,(H2,26,28)/t15-/m1/s1. The lowest BCUT2D eigenvalue weighted by molar-refractivity contribution is 0.146. The molecule has 0 aliphatic rings. The topological polar surface area (TPSA) is 118 Å². The first kappa shape index (κ1) is 22.1. The Morgan fingerprint density at radius 2 is 1.84 bits per heavy atom. The van der Waals surface area contributed by atoms with Crippen LogP contribution < -0.4 is 10.5 Å². The van der Waals surface area contributed by atoms with E-state index >= 15 is 0 Å². The van der Waals surface area contributed by atoms with E-state index in [4.69, 9.17) is 15.2 Å². The van der Waals surface area contributed by atoms with Crippen LogP contribution in [0, 0.1) is 22.7 Å². The molecule has 0 saturated heterocycles. The Labute approximate surface area is 185 Å². The highest BCUT2D eigenvalue weighted by Crippen LogP contribution is 2.41. The van der Waals surface area contributed by atoms with Crippen LogP contribution in [0.25, 0.3) is 11.1 Å². The SMILES string of the molecule is COCCOc1ccc(-c2c(C#N)c(N)nc(S[C@H](C)c3cccnc3)c2C#N)cc1. The van der Waals surface area contributed by atoms with Gasteiger partial charge in [0, 0.05) is 30.3 Å². The maximum absolute atomic E-state index is 9.95. The van der Waals surface area contributed by atoms with Crippen LogP contribution >= 0.6 is 11.8 Å². The molecule has 1 aromatic carbocycles. The van der Waals surface area contributed by atoms with Crippen LogP contribution in [0.5, 0.6) is 5.75 Å². The van der Waals surface area contributed by atoms with Crippen LogP contribution in [0.15, 0.2) is 53.8 Å². The summed E-state index contributed by atoms with van der Waals surface area (Å²) in [4.78, 5) is 8.52. The quantitative estimate of drug-likeness (QED) is 0.413. The predicted molar refractivity (Wildman–Crippen MR) is 119 cm³/mol. The molecule has 31 heavy (non-hydrogen) atoms. The molecular weight excluding hydrogens is 410 g/mol. The average Bonchev–Trinajstić information content (AvgIpc) is 2.80. The van der Waals surface area contributed by atoms with Crippen molar-refractivity contribution in [2.45, 2.75) is 17.2 Å². The number of nitrogen functional groups attached to an aromatic ring is 1. The van der Waals surface area contributed by atoms with Gasteiger partial charge in [-0.05, 0) is 36.2 Å². The molecule has 2 aromatic heterocycles. The molecule has 7 nitrogen and oxygen atoms in total. The van der Waals surface area contributed by atoms with Crippen molar-refractivity contribution in [3.05, 3.63) is 65.5 Å². The summed E-state index contributed by atoms with van der Waals surface area (Å²) < 4.78 is 10.6. The van der Waals surface area contributed by atoms with Gasteiger partial charge in [0.15, 0.2) is 0 Å². The number of hydrogen-bond donors (Lipinski definition) is 1. The number of hydrogen-bond acceptors (Lipinski definition) is 8. The molecule has 1 atom stereocenters. The van der Waals surface area contributed by atoms with E-state index in [1.807, 2.05) is 19.1 Å². The second-order valence-electron chi connectivity index (χ2n) is 6.56. The number of nitriles is 2. The van der Waals surface area contributed by atoms with Gasteiger partial charge in [0.1, 0.15) is 40.9 Å². The Morgan fingerprint density at radius 3 is 2.45 bits per heavy atom. The fourth-order valence-electron chi connectivity index (χ4n) is 2.98. The van der Waals surface area contributed by atoms with Crippen molar-refractivity contribution in [3.63, 3.8) is 0 Å². The number of nitrogens with two attached hydrogens (primary N) is 1. The number of benzene rings is 1. The van der Waals surface area contributed by atoms with E-state index in [1.54, 1.807) is 43.8 Å². The van der Waals surface area contributed by atoms with Crippen LogP contribution in [0.1, 0.15) is 28.9 Å². The third-order valence-electron chi connectivity index (χ3n) is 4.56. The first-order valence-electron chi connectivity index (χ1n) is 9.51. The summed E-state index contributed by atoms with van der Waals surface area (Å²) in [6, 6.07) is 15.3. The van der Waals surface area contributed by atoms with E-state index in [0.29, 0.717) is 40.7 Å². The molecule has 0 aliphatic heterocycles. The lowest BCUT2D eigenvalue weighted by Crippen LogP contribution is -2.05. The number of pyridine rings is 2. The second-order valence-corrected chi connectivity index (χ2v) is 7.89. The van der Waals surface area contributed by atoms with E-state index < -0.39 is 0 Å². The van der Waals surface area contributed by atoms with Crippen LogP contribution in [0.2, 0.25) is 0 Å². The van der Waals surface area contributed by atoms with Gasteiger partial charge < -0.3 is 15.2 Å². The number of nitrogens with zero attached hydrogens (tertiary/aromatic N) is 4. The lowest BCUT2D eigenvalue weighted by Gasteiger charge is -2.16. The maximum atomic E-state index is 9.95. The van der Waals surface area contributed by atoms with Gasteiger partial charge in [-0.3, -0.25) is 4.98 Å². The zero-order valence-corrected chi connectivity index (χ0v) is 18.0. The summed E-state index contributed by atoms with van der Waals surface area (Å²) >= 11 is 1.41. The minimum absolute atomic E-state index is 0.00922. The van der Waals surface area contributed by atoms with Crippen molar-refractivity contribution in [3.8, 4) is 29.0 Å². The second kappa shape index (κ2) is 10.4. The number of aromatic nitrogens is 2. The minimum atomic E-state index is -0.00922. The smallest absolute Gasteiger partial charge is 0.143 e. The maximum Gasteiger partial charge on any atom is 0.143 e. The monoisotopic (exact) mass is 431 g/mol. The van der Waals surface area contributed by atoms with Gasteiger partial charge in [-0.2, -0.15) is 10.5 Å². The summed E-state index contributed by atoms with van der Waals surface area (Å²) in [7, 11) is 1.61. The van der Waals surface area contributed by atoms with Gasteiger partial charge in [-0.1, -0.05) is 30.0 Å². The van der Waals surface area contributed by atoms with E-state index in [1.165, 1.54) is 11.8 Å². The number of ether oxygens (including phenoxy) is 2. The molecule has 156 valence electrons. The summed E-state index contributed by atoms with van der Waals surface area (Å²) in [5, 5.41) is 20.1. The molecule has 0 amide bonds. The Bertz CT molecular complexity index is 1120. The largest absolute Gasteiger partial charge is 0.491 e. The molecule has 0 fully saturated rings. The molecule has 8 heteroatoms. The molecular formula is C23H21N5O2S. The highest BCUT2D eigenvalue weighted by atomic mass is 32.2. The van der Waals surface area contributed by atoms with Gasteiger partial charge in [0.05, 0.1) is 12.2 Å². The zero-order chi connectivity index (χ0) is 22.2. The summed E-state index contributed by atoms with van der Waals surface area (Å²) in [5.41, 5.74) is 8.78. The lowest BCUT2D eigenvalue weighted by atomic mass is 9.97. The molecule has 3 rings (SSSR count). The van der Waals surface area contributed by atoms with Crippen molar-refractivity contribution in [2.24, 2.45) is 0 Å². The number of thioether (sulfide) groups is 1. The van der Waals surface area contributed by atoms with Crippen molar-refractivity contribution in [1.82, 2.24) is 9.97 Å². The van der Waals surface area contributed by atoms with E-state index in [2.05, 4.69) is 22.1 Å². The van der Waals surface area contributed by atoms with Crippen LogP contribution in [0.3, 0.4) is 0 Å². The highest BCUT2D eigenvalue weighted by Gasteiger charge is 2.22. The molecule has 0 bridgehead atoms. The van der Waals surface area contributed by atoms with E-state index in [0.717, 1.165) is 5.56 Å². The Morgan fingerprint density at radius 1 is 1.10 bits per heavy atom. The van der Waals surface area contributed by atoms with Crippen molar-refractivity contribution < 1.29 is 9.47 Å². The third-order valence-corrected chi connectivity index (χ3v) is 5.70. The highest BCUT2D eigenvalue weighted by molar-refractivity contribution is 7.99. The van der Waals surface area contributed by atoms with Gasteiger partial charge in [-0.25, -0.2) is 4.98 Å². The van der Waals surface area contributed by atoms with Crippen molar-refractivity contribution in [2.75, 3.05) is 26.1 Å². The fraction of sp³-hybridized carbons (Fsp3) is 0.217. The van der Waals surface area contributed by atoms with Gasteiger partial charge in [0.2, 0.25) is 0 Å². The van der Waals surface area contributed by atoms with Gasteiger partial charge in [0.25, 0.3) is 0 Å². The molecule has 2 N–H and O–H groups in total. The minimum Gasteiger partial charge on any atom is -0.491 e. The van der Waals surface area contributed by atoms with Crippen LogP contribution in [0.4, 0.5) is 5.82 Å². The molecule has 0 radical (unpaired) electrons. The first-order valence-corrected chi connectivity index (χ1v) is 10.4. The zero-order valence-electron chi connectivity index (χ0n) is 17.2. The van der Waals surface area contributed by atoms with Gasteiger partial charge in [-0.15, -0.1) is 0 Å². The number of methoxy groups -OCH3 is 1. The Kier molecular flexibility index (Phi) is 7.45. The van der Waals surface area contributed by atoms with E-state index in [9.17, 15) is 10.5 Å². The number of anilines is 1. The Balaban J connectivity index is 2.01. The number of rotatable bonds is 8. The van der Waals surface area contributed by atoms with Gasteiger partial charge >= 0.3 is 0 Å². The third kappa shape index (κ3) is 5.13.